The molecule has 1 N–H and O–H groups in total. The number of halogens is 2. The van der Waals surface area contributed by atoms with Gasteiger partial charge in [0, 0.05) is 23.8 Å². The predicted molar refractivity (Wildman–Crippen MR) is 118 cm³/mol. The van der Waals surface area contributed by atoms with Crippen LogP contribution in [-0.2, 0) is 24.1 Å². The Morgan fingerprint density at radius 3 is 2.70 bits per heavy atom. The van der Waals surface area contributed by atoms with E-state index < -0.39 is 11.8 Å². The molecule has 0 aliphatic heterocycles. The van der Waals surface area contributed by atoms with Crippen molar-refractivity contribution in [1.82, 2.24) is 4.98 Å². The monoisotopic (exact) mass is 447 g/mol. The average molecular weight is 448 g/mol. The van der Waals surface area contributed by atoms with Gasteiger partial charge in [-0.05, 0) is 67.6 Å². The Bertz CT molecular complexity index is 1050. The number of hydrogen-bond donors (Lipinski definition) is 1. The van der Waals surface area contributed by atoms with Crippen LogP contribution in [0.25, 0.3) is 10.6 Å². The third-order valence-corrected chi connectivity index (χ3v) is 6.09. The standard InChI is InChI=1S/C21H19ClFNOS.C2H4O2/c1-13-20(24-21(26-13)16-6-8-19(23)18(22)12-16)9-10-25-17-7-5-14-3-2-4-15(14)11-17;1-2(3)4/h5-8,11-12H,2-4,9-10H2,1H3;1H3,(H,3,4). The molecule has 0 amide bonds. The Morgan fingerprint density at radius 2 is 1.97 bits per heavy atom. The predicted octanol–water partition coefficient (Wildman–Crippen LogP) is 6.11. The van der Waals surface area contributed by atoms with E-state index in [1.165, 1.54) is 30.0 Å². The minimum absolute atomic E-state index is 0.122. The number of carboxylic acid groups (broad SMARTS) is 1. The first-order chi connectivity index (χ1) is 14.3. The third-order valence-electron chi connectivity index (χ3n) is 4.74. The molecule has 0 bridgehead atoms. The second-order valence-electron chi connectivity index (χ2n) is 7.05. The molecule has 0 atom stereocenters. The van der Waals surface area contributed by atoms with E-state index in [-0.39, 0.29) is 5.02 Å². The number of thiazole rings is 1. The minimum atomic E-state index is -0.833. The van der Waals surface area contributed by atoms with E-state index in [0.717, 1.165) is 46.7 Å². The van der Waals surface area contributed by atoms with Crippen LogP contribution in [0.4, 0.5) is 4.39 Å². The zero-order valence-electron chi connectivity index (χ0n) is 16.9. The quantitative estimate of drug-likeness (QED) is 0.512. The summed E-state index contributed by atoms with van der Waals surface area (Å²) in [6.45, 7) is 3.73. The molecule has 3 aromatic rings. The number of benzene rings is 2. The van der Waals surface area contributed by atoms with Crippen molar-refractivity contribution in [2.75, 3.05) is 6.61 Å². The fourth-order valence-corrected chi connectivity index (χ4v) is 4.45. The van der Waals surface area contributed by atoms with Gasteiger partial charge in [-0.15, -0.1) is 11.3 Å². The van der Waals surface area contributed by atoms with Crippen molar-refractivity contribution in [3.8, 4) is 16.3 Å². The van der Waals surface area contributed by atoms with Gasteiger partial charge >= 0.3 is 0 Å². The van der Waals surface area contributed by atoms with Gasteiger partial charge in [0.05, 0.1) is 17.3 Å². The molecular formula is C23H23ClFNO3S. The number of carbonyl (C=O) groups is 1. The van der Waals surface area contributed by atoms with Gasteiger partial charge in [-0.3, -0.25) is 4.79 Å². The lowest BCUT2D eigenvalue weighted by Gasteiger charge is -2.07. The van der Waals surface area contributed by atoms with E-state index in [1.54, 1.807) is 23.5 Å². The molecule has 0 saturated carbocycles. The number of aliphatic carboxylic acids is 1. The fourth-order valence-electron chi connectivity index (χ4n) is 3.32. The Morgan fingerprint density at radius 1 is 1.23 bits per heavy atom. The molecule has 4 rings (SSSR count). The minimum Gasteiger partial charge on any atom is -0.493 e. The summed E-state index contributed by atoms with van der Waals surface area (Å²) in [5.41, 5.74) is 4.74. The van der Waals surface area contributed by atoms with Crippen molar-refractivity contribution in [2.24, 2.45) is 0 Å². The van der Waals surface area contributed by atoms with Crippen LogP contribution < -0.4 is 4.74 Å². The first-order valence-corrected chi connectivity index (χ1v) is 10.9. The maximum atomic E-state index is 13.3. The zero-order valence-corrected chi connectivity index (χ0v) is 18.4. The van der Waals surface area contributed by atoms with Crippen LogP contribution in [0, 0.1) is 12.7 Å². The SMILES string of the molecule is CC(=O)O.Cc1sc(-c2ccc(F)c(Cl)c2)nc1CCOc1ccc2c(c1)CCC2. The highest BCUT2D eigenvalue weighted by Crippen LogP contribution is 2.31. The summed E-state index contributed by atoms with van der Waals surface area (Å²) in [6.07, 6.45) is 4.33. The molecule has 158 valence electrons. The smallest absolute Gasteiger partial charge is 0.300 e. The van der Waals surface area contributed by atoms with Gasteiger partial charge in [-0.1, -0.05) is 17.7 Å². The summed E-state index contributed by atoms with van der Waals surface area (Å²) in [5.74, 6) is -0.310. The van der Waals surface area contributed by atoms with Crippen LogP contribution in [0.5, 0.6) is 5.75 Å². The molecule has 0 radical (unpaired) electrons. The van der Waals surface area contributed by atoms with Crippen LogP contribution in [0.2, 0.25) is 5.02 Å². The van der Waals surface area contributed by atoms with Crippen molar-refractivity contribution in [3.63, 3.8) is 0 Å². The van der Waals surface area contributed by atoms with Crippen LogP contribution >= 0.6 is 22.9 Å². The van der Waals surface area contributed by atoms with Gasteiger partial charge in [0.2, 0.25) is 0 Å². The normalized spacial score (nSPS) is 12.1. The maximum absolute atomic E-state index is 13.3. The lowest BCUT2D eigenvalue weighted by atomic mass is 10.1. The summed E-state index contributed by atoms with van der Waals surface area (Å²) in [6, 6.07) is 11.1. The topological polar surface area (TPSA) is 59.4 Å². The number of ether oxygens (including phenoxy) is 1. The molecule has 1 heterocycles. The highest BCUT2D eigenvalue weighted by atomic mass is 35.5. The van der Waals surface area contributed by atoms with Gasteiger partial charge in [0.15, 0.2) is 0 Å². The van der Waals surface area contributed by atoms with Crippen molar-refractivity contribution in [3.05, 3.63) is 68.9 Å². The van der Waals surface area contributed by atoms with Crippen LogP contribution in [0.15, 0.2) is 36.4 Å². The van der Waals surface area contributed by atoms with E-state index in [0.29, 0.717) is 6.61 Å². The largest absolute Gasteiger partial charge is 0.493 e. The molecule has 7 heteroatoms. The second-order valence-corrected chi connectivity index (χ2v) is 8.66. The molecule has 0 unspecified atom stereocenters. The second kappa shape index (κ2) is 10.0. The first kappa shape index (κ1) is 22.2. The van der Waals surface area contributed by atoms with E-state index in [2.05, 4.69) is 25.1 Å². The highest BCUT2D eigenvalue weighted by Gasteiger charge is 2.13. The number of fused-ring (bicyclic) bond motifs is 1. The summed E-state index contributed by atoms with van der Waals surface area (Å²) in [7, 11) is 0. The summed E-state index contributed by atoms with van der Waals surface area (Å²) < 4.78 is 19.3. The highest BCUT2D eigenvalue weighted by molar-refractivity contribution is 7.15. The fraction of sp³-hybridized carbons (Fsp3) is 0.304. The van der Waals surface area contributed by atoms with Gasteiger partial charge in [0.25, 0.3) is 5.97 Å². The van der Waals surface area contributed by atoms with Gasteiger partial charge in [0.1, 0.15) is 16.6 Å². The molecule has 1 aromatic heterocycles. The van der Waals surface area contributed by atoms with Gasteiger partial charge in [-0.2, -0.15) is 0 Å². The maximum Gasteiger partial charge on any atom is 0.300 e. The number of carboxylic acids is 1. The Kier molecular flexibility index (Phi) is 7.45. The molecule has 0 fully saturated rings. The lowest BCUT2D eigenvalue weighted by molar-refractivity contribution is -0.134. The van der Waals surface area contributed by atoms with E-state index in [1.807, 2.05) is 0 Å². The van der Waals surface area contributed by atoms with E-state index in [9.17, 15) is 4.39 Å². The van der Waals surface area contributed by atoms with Gasteiger partial charge < -0.3 is 9.84 Å². The number of hydrogen-bond acceptors (Lipinski definition) is 4. The molecule has 1 aliphatic carbocycles. The molecule has 2 aromatic carbocycles. The van der Waals surface area contributed by atoms with Crippen LogP contribution in [-0.4, -0.2) is 22.7 Å². The molecule has 30 heavy (non-hydrogen) atoms. The molecule has 1 aliphatic rings. The summed E-state index contributed by atoms with van der Waals surface area (Å²) in [4.78, 5) is 14.8. The lowest BCUT2D eigenvalue weighted by Crippen LogP contribution is -2.03. The van der Waals surface area contributed by atoms with Crippen molar-refractivity contribution in [1.29, 1.82) is 0 Å². The number of rotatable bonds is 5. The summed E-state index contributed by atoms with van der Waals surface area (Å²) >= 11 is 7.48. The van der Waals surface area contributed by atoms with E-state index in [4.69, 9.17) is 31.2 Å². The molecule has 0 spiro atoms. The van der Waals surface area contributed by atoms with Crippen molar-refractivity contribution in [2.45, 2.75) is 39.5 Å². The van der Waals surface area contributed by atoms with Gasteiger partial charge in [-0.25, -0.2) is 9.37 Å². The molecular weight excluding hydrogens is 425 g/mol. The Hall–Kier alpha value is -2.44. The van der Waals surface area contributed by atoms with Crippen molar-refractivity contribution < 1.29 is 19.0 Å². The van der Waals surface area contributed by atoms with Crippen LogP contribution in [0.3, 0.4) is 0 Å². The third kappa shape index (κ3) is 5.80. The van der Waals surface area contributed by atoms with E-state index >= 15 is 0 Å². The van der Waals surface area contributed by atoms with Crippen LogP contribution in [0.1, 0.15) is 35.0 Å². The van der Waals surface area contributed by atoms with Crippen molar-refractivity contribution >= 4 is 28.9 Å². The zero-order chi connectivity index (χ0) is 21.7. The first-order valence-electron chi connectivity index (χ1n) is 9.69. The summed E-state index contributed by atoms with van der Waals surface area (Å²) in [5, 5.41) is 8.40. The number of aromatic nitrogens is 1. The Labute approximate surface area is 184 Å². The number of aryl methyl sites for hydroxylation is 3. The average Bonchev–Trinajstić information content (AvgIpc) is 3.30. The molecule has 0 saturated heterocycles. The Balaban J connectivity index is 0.000000589. The number of nitrogens with zero attached hydrogens (tertiary/aromatic N) is 1. The molecule has 4 nitrogen and oxygen atoms in total.